The number of nitrogens with zero attached hydrogens (tertiary/aromatic N) is 2. The van der Waals surface area contributed by atoms with Crippen LogP contribution in [0.4, 0.5) is 0 Å². The van der Waals surface area contributed by atoms with Gasteiger partial charge in [0.1, 0.15) is 6.61 Å². The fourth-order valence-electron chi connectivity index (χ4n) is 0.958. The predicted molar refractivity (Wildman–Crippen MR) is 56.1 cm³/mol. The van der Waals surface area contributed by atoms with Crippen LogP contribution in [0.25, 0.3) is 0 Å². The van der Waals surface area contributed by atoms with E-state index in [1.54, 1.807) is 19.2 Å². The van der Waals surface area contributed by atoms with E-state index in [0.29, 0.717) is 38.0 Å². The zero-order valence-corrected chi connectivity index (χ0v) is 9.26. The molecule has 0 atom stereocenters. The molecule has 0 fully saturated rings. The summed E-state index contributed by atoms with van der Waals surface area (Å²) in [4.78, 5) is 0. The van der Waals surface area contributed by atoms with Gasteiger partial charge in [-0.2, -0.15) is 0 Å². The molecule has 1 N–H and O–H groups in total. The Labute approximate surface area is 94.2 Å². The van der Waals surface area contributed by atoms with Crippen LogP contribution in [0.15, 0.2) is 12.1 Å². The van der Waals surface area contributed by atoms with Gasteiger partial charge in [-0.3, -0.25) is 0 Å². The van der Waals surface area contributed by atoms with Gasteiger partial charge < -0.3 is 19.3 Å². The maximum atomic E-state index is 8.75. The Hall–Kier alpha value is -1.24. The predicted octanol–water partition coefficient (Wildman–Crippen LogP) is 0.0107. The normalized spacial score (nSPS) is 10.4. The lowest BCUT2D eigenvalue weighted by molar-refractivity contribution is 0.0535. The Morgan fingerprint density at radius 3 is 2.56 bits per heavy atom. The van der Waals surface area contributed by atoms with Gasteiger partial charge in [0.15, 0.2) is 0 Å². The van der Waals surface area contributed by atoms with E-state index in [4.69, 9.17) is 19.3 Å². The first kappa shape index (κ1) is 12.8. The second-order valence-corrected chi connectivity index (χ2v) is 2.97. The molecule has 16 heavy (non-hydrogen) atoms. The quantitative estimate of drug-likeness (QED) is 0.632. The number of aromatic nitrogens is 2. The van der Waals surface area contributed by atoms with Crippen molar-refractivity contribution in [1.29, 1.82) is 0 Å². The van der Waals surface area contributed by atoms with Crippen LogP contribution in [0.5, 0.6) is 5.88 Å². The third kappa shape index (κ3) is 5.01. The molecular weight excluding hydrogens is 212 g/mol. The molecule has 0 spiro atoms. The highest BCUT2D eigenvalue weighted by molar-refractivity contribution is 5.10. The van der Waals surface area contributed by atoms with Crippen LogP contribution in [0, 0.1) is 0 Å². The molecule has 0 aliphatic rings. The van der Waals surface area contributed by atoms with Crippen LogP contribution < -0.4 is 4.74 Å². The summed E-state index contributed by atoms with van der Waals surface area (Å²) in [5, 5.41) is 16.3. The summed E-state index contributed by atoms with van der Waals surface area (Å²) in [6, 6.07) is 3.32. The maximum Gasteiger partial charge on any atom is 0.233 e. The van der Waals surface area contributed by atoms with E-state index in [2.05, 4.69) is 10.2 Å². The van der Waals surface area contributed by atoms with Gasteiger partial charge in [0.2, 0.25) is 5.88 Å². The molecule has 0 unspecified atom stereocenters. The number of methoxy groups -OCH3 is 1. The smallest absolute Gasteiger partial charge is 0.233 e. The van der Waals surface area contributed by atoms with E-state index in [1.165, 1.54) is 0 Å². The van der Waals surface area contributed by atoms with Crippen LogP contribution >= 0.6 is 0 Å². The van der Waals surface area contributed by atoms with Gasteiger partial charge in [0.25, 0.3) is 0 Å². The lowest BCUT2D eigenvalue weighted by Gasteiger charge is -2.05. The Bertz CT molecular complexity index is 279. The summed E-state index contributed by atoms with van der Waals surface area (Å²) in [6.07, 6.45) is 0. The number of aliphatic hydroxyl groups excluding tert-OH is 1. The zero-order valence-electron chi connectivity index (χ0n) is 9.26. The molecule has 1 aromatic heterocycles. The number of aliphatic hydroxyl groups is 1. The summed E-state index contributed by atoms with van der Waals surface area (Å²) in [5.74, 6) is 0.424. The SMILES string of the molecule is COCCOCCOc1ccc(CO)nn1. The first-order valence-electron chi connectivity index (χ1n) is 4.99. The molecule has 0 bridgehead atoms. The molecule has 0 radical (unpaired) electrons. The minimum atomic E-state index is -0.118. The number of ether oxygens (including phenoxy) is 3. The lowest BCUT2D eigenvalue weighted by Crippen LogP contribution is -2.10. The van der Waals surface area contributed by atoms with Crippen molar-refractivity contribution in [3.8, 4) is 5.88 Å². The fraction of sp³-hybridized carbons (Fsp3) is 0.600. The molecule has 6 heteroatoms. The fourth-order valence-corrected chi connectivity index (χ4v) is 0.958. The third-order valence-electron chi connectivity index (χ3n) is 1.77. The summed E-state index contributed by atoms with van der Waals surface area (Å²) < 4.78 is 15.3. The molecular formula is C10H16N2O4. The zero-order chi connectivity index (χ0) is 11.6. The van der Waals surface area contributed by atoms with Gasteiger partial charge in [0, 0.05) is 13.2 Å². The van der Waals surface area contributed by atoms with Gasteiger partial charge in [0.05, 0.1) is 32.1 Å². The number of rotatable bonds is 8. The van der Waals surface area contributed by atoms with Crippen molar-refractivity contribution < 1.29 is 19.3 Å². The number of hydrogen-bond acceptors (Lipinski definition) is 6. The highest BCUT2D eigenvalue weighted by Gasteiger charge is 1.97. The average molecular weight is 228 g/mol. The van der Waals surface area contributed by atoms with E-state index in [0.717, 1.165) is 0 Å². The van der Waals surface area contributed by atoms with Crippen LogP contribution in [-0.4, -0.2) is 48.8 Å². The third-order valence-corrected chi connectivity index (χ3v) is 1.77. The molecule has 0 aliphatic heterocycles. The van der Waals surface area contributed by atoms with E-state index < -0.39 is 0 Å². The van der Waals surface area contributed by atoms with Crippen molar-refractivity contribution in [2.24, 2.45) is 0 Å². The van der Waals surface area contributed by atoms with E-state index in [1.807, 2.05) is 0 Å². The topological polar surface area (TPSA) is 73.7 Å². The minimum absolute atomic E-state index is 0.118. The highest BCUT2D eigenvalue weighted by atomic mass is 16.5. The van der Waals surface area contributed by atoms with Crippen molar-refractivity contribution in [3.63, 3.8) is 0 Å². The summed E-state index contributed by atoms with van der Waals surface area (Å²) >= 11 is 0. The van der Waals surface area contributed by atoms with E-state index >= 15 is 0 Å². The summed E-state index contributed by atoms with van der Waals surface area (Å²) in [5.41, 5.74) is 0.517. The Morgan fingerprint density at radius 1 is 1.12 bits per heavy atom. The largest absolute Gasteiger partial charge is 0.474 e. The molecule has 0 aromatic carbocycles. The average Bonchev–Trinajstić information content (AvgIpc) is 2.34. The van der Waals surface area contributed by atoms with Crippen LogP contribution in [0.3, 0.4) is 0 Å². The minimum Gasteiger partial charge on any atom is -0.474 e. The van der Waals surface area contributed by atoms with Crippen molar-refractivity contribution in [1.82, 2.24) is 10.2 Å². The molecule has 0 saturated heterocycles. The van der Waals surface area contributed by atoms with Crippen LogP contribution in [0.2, 0.25) is 0 Å². The molecule has 0 amide bonds. The van der Waals surface area contributed by atoms with Crippen LogP contribution in [-0.2, 0) is 16.1 Å². The molecule has 0 aliphatic carbocycles. The first-order valence-corrected chi connectivity index (χ1v) is 4.99. The standard InChI is InChI=1S/C10H16N2O4/c1-14-4-5-15-6-7-16-10-3-2-9(8-13)11-12-10/h2-3,13H,4-8H2,1H3. The molecule has 1 rings (SSSR count). The highest BCUT2D eigenvalue weighted by Crippen LogP contribution is 2.04. The molecule has 90 valence electrons. The van der Waals surface area contributed by atoms with Gasteiger partial charge >= 0.3 is 0 Å². The maximum absolute atomic E-state index is 8.75. The molecule has 1 heterocycles. The Balaban J connectivity index is 2.12. The first-order chi connectivity index (χ1) is 7.86. The van der Waals surface area contributed by atoms with E-state index in [-0.39, 0.29) is 6.61 Å². The molecule has 0 saturated carbocycles. The van der Waals surface area contributed by atoms with Gasteiger partial charge in [-0.15, -0.1) is 10.2 Å². The van der Waals surface area contributed by atoms with Gasteiger partial charge in [-0.1, -0.05) is 0 Å². The molecule has 1 aromatic rings. The second kappa shape index (κ2) is 7.98. The Kier molecular flexibility index (Phi) is 6.39. The van der Waals surface area contributed by atoms with Crippen LogP contribution in [0.1, 0.15) is 5.69 Å². The van der Waals surface area contributed by atoms with E-state index in [9.17, 15) is 0 Å². The van der Waals surface area contributed by atoms with Crippen molar-refractivity contribution >= 4 is 0 Å². The second-order valence-electron chi connectivity index (χ2n) is 2.97. The Morgan fingerprint density at radius 2 is 1.94 bits per heavy atom. The molecule has 6 nitrogen and oxygen atoms in total. The van der Waals surface area contributed by atoms with Crippen molar-refractivity contribution in [2.75, 3.05) is 33.5 Å². The monoisotopic (exact) mass is 228 g/mol. The van der Waals surface area contributed by atoms with Gasteiger partial charge in [-0.25, -0.2) is 0 Å². The lowest BCUT2D eigenvalue weighted by atomic mass is 10.4. The van der Waals surface area contributed by atoms with Crippen molar-refractivity contribution in [3.05, 3.63) is 17.8 Å². The van der Waals surface area contributed by atoms with Gasteiger partial charge in [-0.05, 0) is 6.07 Å². The number of hydrogen-bond donors (Lipinski definition) is 1. The summed E-state index contributed by atoms with van der Waals surface area (Å²) in [7, 11) is 1.62. The summed E-state index contributed by atoms with van der Waals surface area (Å²) in [6.45, 7) is 1.90. The van der Waals surface area contributed by atoms with Crippen molar-refractivity contribution in [2.45, 2.75) is 6.61 Å².